The summed E-state index contributed by atoms with van der Waals surface area (Å²) >= 11 is 0. The normalized spacial score (nSPS) is 16.1. The molecule has 2 N–H and O–H groups in total. The van der Waals surface area contributed by atoms with Gasteiger partial charge >= 0.3 is 10.0 Å². The number of rotatable bonds is 2. The first-order valence-electron chi connectivity index (χ1n) is 4.86. The van der Waals surface area contributed by atoms with E-state index in [9.17, 15) is 8.42 Å². The van der Waals surface area contributed by atoms with E-state index in [-0.39, 0.29) is 0 Å². The highest BCUT2D eigenvalue weighted by atomic mass is 32.2. The Hall–Kier alpha value is -1.36. The zero-order valence-electron chi connectivity index (χ0n) is 8.23. The molecule has 0 amide bonds. The summed E-state index contributed by atoms with van der Waals surface area (Å²) in [5.41, 5.74) is 0. The Bertz CT molecular complexity index is 465. The van der Waals surface area contributed by atoms with Gasteiger partial charge in [0.1, 0.15) is 4.90 Å². The van der Waals surface area contributed by atoms with Gasteiger partial charge in [-0.1, -0.05) is 18.2 Å². The molecule has 4 nitrogen and oxygen atoms in total. The quantitative estimate of drug-likeness (QED) is 0.695. The average molecular weight is 225 g/mol. The molecule has 0 spiro atoms. The van der Waals surface area contributed by atoms with Crippen LogP contribution in [0.1, 0.15) is 12.8 Å². The number of benzene rings is 1. The second kappa shape index (κ2) is 4.02. The van der Waals surface area contributed by atoms with Gasteiger partial charge in [-0.05, 0) is 18.6 Å². The molecule has 1 aromatic rings. The molecule has 0 aromatic heterocycles. The van der Waals surface area contributed by atoms with Gasteiger partial charge in [0.2, 0.25) is 0 Å². The molecule has 0 aliphatic carbocycles. The smallest absolute Gasteiger partial charge is 0.278 e. The molecule has 5 heteroatoms. The van der Waals surface area contributed by atoms with Crippen molar-refractivity contribution >= 4 is 15.9 Å². The largest absolute Gasteiger partial charge is 0.328 e. The third-order valence-corrected chi connectivity index (χ3v) is 3.66. The fraction of sp³-hybridized carbons (Fsp3) is 0.300. The van der Waals surface area contributed by atoms with E-state index in [1.807, 2.05) is 0 Å². The predicted octanol–water partition coefficient (Wildman–Crippen LogP) is -0.762. The van der Waals surface area contributed by atoms with Gasteiger partial charge in [-0.2, -0.15) is 13.1 Å². The first-order chi connectivity index (χ1) is 7.18. The van der Waals surface area contributed by atoms with Crippen molar-refractivity contribution in [2.75, 3.05) is 6.54 Å². The van der Waals surface area contributed by atoms with E-state index in [2.05, 4.69) is 9.71 Å². The Kier molecular flexibility index (Phi) is 2.73. The van der Waals surface area contributed by atoms with Gasteiger partial charge in [-0.3, -0.25) is 4.99 Å². The minimum Gasteiger partial charge on any atom is -0.278 e. The molecule has 0 radical (unpaired) electrons. The molecule has 1 aliphatic rings. The molecule has 0 atom stereocenters. The summed E-state index contributed by atoms with van der Waals surface area (Å²) in [4.78, 5) is 3.31. The van der Waals surface area contributed by atoms with Gasteiger partial charge in [0.25, 0.3) is 5.84 Å². The predicted molar refractivity (Wildman–Crippen MR) is 56.8 cm³/mol. The molecular weight excluding hydrogens is 212 g/mol. The lowest BCUT2D eigenvalue weighted by Gasteiger charge is -2.00. The summed E-state index contributed by atoms with van der Waals surface area (Å²) in [6, 6.07) is 8.37. The first kappa shape index (κ1) is 10.2. The molecule has 0 bridgehead atoms. The number of hydrogen-bond acceptors (Lipinski definition) is 2. The van der Waals surface area contributed by atoms with Crippen LogP contribution in [0.15, 0.2) is 35.2 Å². The molecule has 15 heavy (non-hydrogen) atoms. The van der Waals surface area contributed by atoms with E-state index >= 15 is 0 Å². The van der Waals surface area contributed by atoms with Crippen LogP contribution in [0.3, 0.4) is 0 Å². The van der Waals surface area contributed by atoms with Crippen molar-refractivity contribution in [1.29, 1.82) is 0 Å². The Morgan fingerprint density at radius 3 is 2.53 bits per heavy atom. The highest BCUT2D eigenvalue weighted by Crippen LogP contribution is 2.07. The van der Waals surface area contributed by atoms with E-state index in [1.54, 1.807) is 30.3 Å². The van der Waals surface area contributed by atoms with Crippen LogP contribution in [0, 0.1) is 0 Å². The summed E-state index contributed by atoms with van der Waals surface area (Å²) in [5.74, 6) is 0.693. The van der Waals surface area contributed by atoms with Crippen LogP contribution < -0.4 is 9.71 Å². The molecule has 0 saturated carbocycles. The van der Waals surface area contributed by atoms with Crippen LogP contribution in [0.4, 0.5) is 0 Å². The van der Waals surface area contributed by atoms with Crippen LogP contribution in [0.2, 0.25) is 0 Å². The maximum absolute atomic E-state index is 11.8. The molecule has 1 aromatic carbocycles. The first-order valence-corrected chi connectivity index (χ1v) is 6.34. The van der Waals surface area contributed by atoms with Crippen LogP contribution >= 0.6 is 0 Å². The maximum atomic E-state index is 11.8. The summed E-state index contributed by atoms with van der Waals surface area (Å²) in [5, 5.41) is 0. The highest BCUT2D eigenvalue weighted by Gasteiger charge is 2.23. The molecule has 0 unspecified atom stereocenters. The van der Waals surface area contributed by atoms with E-state index in [0.29, 0.717) is 10.7 Å². The standard InChI is InChI=1S/C10H12N2O2S/c13-15(14,9-5-2-1-3-6-9)12-10-7-4-8-11-10/h1-3,5-6H,4,7-8H2,(H,11,12)/p+1. The maximum Gasteiger partial charge on any atom is 0.328 e. The SMILES string of the molecule is O=S(=O)(NC1=[NH+]CCC1)c1ccccc1. The fourth-order valence-electron chi connectivity index (χ4n) is 1.50. The van der Waals surface area contributed by atoms with Crippen LogP contribution in [0.5, 0.6) is 0 Å². The molecule has 1 heterocycles. The summed E-state index contributed by atoms with van der Waals surface area (Å²) in [6.45, 7) is 0.840. The van der Waals surface area contributed by atoms with Crippen molar-refractivity contribution < 1.29 is 13.4 Å². The molecule has 0 fully saturated rings. The topological polar surface area (TPSA) is 60.1 Å². The van der Waals surface area contributed by atoms with E-state index < -0.39 is 10.0 Å². The zero-order chi connectivity index (χ0) is 10.7. The Balaban J connectivity index is 2.21. The number of nitrogens with one attached hydrogen (secondary N) is 2. The van der Waals surface area contributed by atoms with Gasteiger partial charge in [0.15, 0.2) is 0 Å². The van der Waals surface area contributed by atoms with Crippen molar-refractivity contribution in [3.8, 4) is 0 Å². The van der Waals surface area contributed by atoms with Crippen LogP contribution in [0.25, 0.3) is 0 Å². The van der Waals surface area contributed by atoms with Gasteiger partial charge < -0.3 is 0 Å². The second-order valence-corrected chi connectivity index (χ2v) is 5.11. The third-order valence-electron chi connectivity index (χ3n) is 2.25. The Labute approximate surface area is 89.1 Å². The lowest BCUT2D eigenvalue weighted by molar-refractivity contribution is -0.448. The molecular formula is C10H13N2O2S+. The van der Waals surface area contributed by atoms with Crippen LogP contribution in [-0.4, -0.2) is 20.8 Å². The van der Waals surface area contributed by atoms with E-state index in [0.717, 1.165) is 19.4 Å². The Morgan fingerprint density at radius 2 is 1.93 bits per heavy atom. The number of sulfonamides is 1. The van der Waals surface area contributed by atoms with E-state index in [4.69, 9.17) is 0 Å². The number of amidine groups is 1. The average Bonchev–Trinajstić information content (AvgIpc) is 2.71. The number of hydrogen-bond donors (Lipinski definition) is 2. The summed E-state index contributed by atoms with van der Waals surface area (Å²) in [6.07, 6.45) is 1.75. The summed E-state index contributed by atoms with van der Waals surface area (Å²) < 4.78 is 26.2. The lowest BCUT2D eigenvalue weighted by Crippen LogP contribution is -2.72. The van der Waals surface area contributed by atoms with Crippen molar-refractivity contribution in [3.63, 3.8) is 0 Å². The van der Waals surface area contributed by atoms with Gasteiger partial charge in [0.05, 0.1) is 13.0 Å². The Morgan fingerprint density at radius 1 is 1.20 bits per heavy atom. The minimum atomic E-state index is -3.39. The third kappa shape index (κ3) is 2.36. The van der Waals surface area contributed by atoms with Gasteiger partial charge in [0, 0.05) is 0 Å². The van der Waals surface area contributed by atoms with Gasteiger partial charge in [-0.25, -0.2) is 0 Å². The van der Waals surface area contributed by atoms with Crippen molar-refractivity contribution in [3.05, 3.63) is 30.3 Å². The van der Waals surface area contributed by atoms with E-state index in [1.165, 1.54) is 0 Å². The monoisotopic (exact) mass is 225 g/mol. The van der Waals surface area contributed by atoms with Crippen molar-refractivity contribution in [2.45, 2.75) is 17.7 Å². The molecule has 0 saturated heterocycles. The zero-order valence-corrected chi connectivity index (χ0v) is 9.05. The second-order valence-electron chi connectivity index (χ2n) is 3.43. The molecule has 2 rings (SSSR count). The fourth-order valence-corrected chi connectivity index (χ4v) is 2.63. The van der Waals surface area contributed by atoms with Crippen molar-refractivity contribution in [1.82, 2.24) is 4.72 Å². The lowest BCUT2D eigenvalue weighted by atomic mass is 10.3. The van der Waals surface area contributed by atoms with Crippen molar-refractivity contribution in [2.24, 2.45) is 0 Å². The van der Waals surface area contributed by atoms with Crippen LogP contribution in [-0.2, 0) is 10.0 Å². The van der Waals surface area contributed by atoms with Gasteiger partial charge in [-0.15, -0.1) is 0 Å². The minimum absolute atomic E-state index is 0.297. The summed E-state index contributed by atoms with van der Waals surface area (Å²) in [7, 11) is -3.39. The highest BCUT2D eigenvalue weighted by molar-refractivity contribution is 7.90. The molecule has 80 valence electrons. The molecule has 1 aliphatic heterocycles.